The molecule has 0 radical (unpaired) electrons. The second kappa shape index (κ2) is 57.2. The highest BCUT2D eigenvalue weighted by atomic mass is 16.6. The number of allylic oxidation sites excluding steroid dienone is 14. The summed E-state index contributed by atoms with van der Waals surface area (Å²) in [6, 6.07) is 0. The zero-order valence-corrected chi connectivity index (χ0v) is 45.3. The summed E-state index contributed by atoms with van der Waals surface area (Å²) in [7, 11) is 0. The van der Waals surface area contributed by atoms with Crippen LogP contribution in [0.5, 0.6) is 0 Å². The van der Waals surface area contributed by atoms with Crippen molar-refractivity contribution in [2.45, 2.75) is 284 Å². The fraction of sp³-hybridized carbons (Fsp3) is 0.730. The highest BCUT2D eigenvalue weighted by molar-refractivity contribution is 5.71. The Balaban J connectivity index is 4.49. The Kier molecular flexibility index (Phi) is 54.3. The van der Waals surface area contributed by atoms with E-state index in [1.165, 1.54) is 148 Å². The van der Waals surface area contributed by atoms with Gasteiger partial charge >= 0.3 is 17.9 Å². The van der Waals surface area contributed by atoms with Gasteiger partial charge in [-0.15, -0.1) is 0 Å². The molecule has 0 fully saturated rings. The van der Waals surface area contributed by atoms with E-state index in [1.54, 1.807) is 0 Å². The fourth-order valence-corrected chi connectivity index (χ4v) is 8.05. The van der Waals surface area contributed by atoms with Crippen molar-refractivity contribution < 1.29 is 28.6 Å². The van der Waals surface area contributed by atoms with Crippen LogP contribution in [0, 0.1) is 0 Å². The minimum atomic E-state index is -0.809. The Morgan fingerprint density at radius 2 is 0.594 bits per heavy atom. The number of hydrogen-bond donors (Lipinski definition) is 0. The van der Waals surface area contributed by atoms with Gasteiger partial charge in [0.25, 0.3) is 0 Å². The third-order valence-electron chi connectivity index (χ3n) is 12.4. The van der Waals surface area contributed by atoms with Crippen molar-refractivity contribution >= 4 is 17.9 Å². The van der Waals surface area contributed by atoms with Crippen LogP contribution in [0.25, 0.3) is 0 Å². The van der Waals surface area contributed by atoms with E-state index < -0.39 is 6.10 Å². The smallest absolute Gasteiger partial charge is 0.306 e. The zero-order chi connectivity index (χ0) is 50.0. The molecule has 0 aromatic heterocycles. The first-order chi connectivity index (χ1) is 34.0. The molecule has 1 unspecified atom stereocenters. The lowest BCUT2D eigenvalue weighted by atomic mass is 10.0. The predicted octanol–water partition coefficient (Wildman–Crippen LogP) is 19.5. The molecule has 0 aliphatic carbocycles. The predicted molar refractivity (Wildman–Crippen MR) is 297 cm³/mol. The highest BCUT2D eigenvalue weighted by Crippen LogP contribution is 2.16. The van der Waals surface area contributed by atoms with Gasteiger partial charge in [0.05, 0.1) is 0 Å². The number of carbonyl (C=O) groups is 3. The molecule has 0 rings (SSSR count). The minimum Gasteiger partial charge on any atom is -0.462 e. The standard InChI is InChI=1S/C63H108O6/c1-4-7-10-13-16-19-22-25-28-30-31-33-35-38-41-44-47-50-53-56-62(65)68-59-60(58-67-61(64)55-52-49-46-43-40-37-34-27-24-21-18-15-12-9-6-3)69-63(66)57-54-51-48-45-42-39-36-32-29-26-23-20-17-14-11-8-5-2/h7,10,16,19,25,27-28,31,33-34,38,41,47,50,60H,4-6,8-9,11-15,17-18,20-24,26,29-30,32,35-37,39-40,42-46,48-49,51-59H2,1-3H3/b10-7-,19-16-,28-25-,33-31-,34-27-,41-38-,50-47-. The van der Waals surface area contributed by atoms with Crippen LogP contribution in [0.2, 0.25) is 0 Å². The molecule has 69 heavy (non-hydrogen) atoms. The van der Waals surface area contributed by atoms with Gasteiger partial charge in [-0.25, -0.2) is 0 Å². The van der Waals surface area contributed by atoms with Crippen LogP contribution in [0.15, 0.2) is 85.1 Å². The molecule has 0 spiro atoms. The molecule has 0 amide bonds. The van der Waals surface area contributed by atoms with Gasteiger partial charge in [0.1, 0.15) is 13.2 Å². The molecule has 396 valence electrons. The largest absolute Gasteiger partial charge is 0.462 e. The van der Waals surface area contributed by atoms with Crippen LogP contribution in [0.1, 0.15) is 278 Å². The lowest BCUT2D eigenvalue weighted by molar-refractivity contribution is -0.166. The third-order valence-corrected chi connectivity index (χ3v) is 12.4. The van der Waals surface area contributed by atoms with Gasteiger partial charge in [-0.1, -0.05) is 260 Å². The third kappa shape index (κ3) is 55.4. The van der Waals surface area contributed by atoms with Crippen molar-refractivity contribution in [3.05, 3.63) is 85.1 Å². The molecule has 0 aromatic rings. The maximum atomic E-state index is 12.9. The van der Waals surface area contributed by atoms with E-state index >= 15 is 0 Å². The van der Waals surface area contributed by atoms with E-state index in [-0.39, 0.29) is 37.5 Å². The van der Waals surface area contributed by atoms with E-state index in [0.717, 1.165) is 83.5 Å². The summed E-state index contributed by atoms with van der Waals surface area (Å²) < 4.78 is 16.8. The summed E-state index contributed by atoms with van der Waals surface area (Å²) in [6.45, 7) is 6.47. The van der Waals surface area contributed by atoms with Crippen molar-refractivity contribution in [1.29, 1.82) is 0 Å². The van der Waals surface area contributed by atoms with Gasteiger partial charge in [-0.3, -0.25) is 14.4 Å². The summed E-state index contributed by atoms with van der Waals surface area (Å²) in [6.07, 6.45) is 74.4. The minimum absolute atomic E-state index is 0.102. The molecule has 0 heterocycles. The molecule has 0 aliphatic heterocycles. The van der Waals surface area contributed by atoms with E-state index in [0.29, 0.717) is 19.3 Å². The zero-order valence-electron chi connectivity index (χ0n) is 45.3. The van der Waals surface area contributed by atoms with E-state index in [4.69, 9.17) is 14.2 Å². The Labute approximate surface area is 426 Å². The van der Waals surface area contributed by atoms with Gasteiger partial charge in [0.15, 0.2) is 6.10 Å². The van der Waals surface area contributed by atoms with Crippen LogP contribution >= 0.6 is 0 Å². The average molecular weight is 962 g/mol. The number of unbranched alkanes of at least 4 members (excludes halogenated alkanes) is 27. The SMILES string of the molecule is CC/C=C\C/C=C\C/C=C\C/C=C\C/C=C\C/C=C\CCC(=O)OCC(COC(=O)CCCCCCC/C=C\CCCCCCCC)OC(=O)CCCCCCCCCCCCCCCCCCC. The summed E-state index contributed by atoms with van der Waals surface area (Å²) >= 11 is 0. The monoisotopic (exact) mass is 961 g/mol. The number of hydrogen-bond acceptors (Lipinski definition) is 6. The molecule has 6 heteroatoms. The maximum absolute atomic E-state index is 12.9. The van der Waals surface area contributed by atoms with Crippen LogP contribution in [0.4, 0.5) is 0 Å². The van der Waals surface area contributed by atoms with E-state index in [2.05, 4.69) is 99.8 Å². The van der Waals surface area contributed by atoms with Crippen molar-refractivity contribution in [1.82, 2.24) is 0 Å². The molecule has 0 saturated heterocycles. The highest BCUT2D eigenvalue weighted by Gasteiger charge is 2.19. The van der Waals surface area contributed by atoms with Crippen molar-refractivity contribution in [3.8, 4) is 0 Å². The molecular weight excluding hydrogens is 853 g/mol. The van der Waals surface area contributed by atoms with Gasteiger partial charge in [0, 0.05) is 19.3 Å². The molecular formula is C63H108O6. The molecule has 1 atom stereocenters. The number of rotatable bonds is 52. The first-order valence-corrected chi connectivity index (χ1v) is 29.1. The summed E-state index contributed by atoms with van der Waals surface area (Å²) in [5.74, 6) is -0.988. The van der Waals surface area contributed by atoms with E-state index in [9.17, 15) is 14.4 Å². The van der Waals surface area contributed by atoms with Crippen molar-refractivity contribution in [2.75, 3.05) is 13.2 Å². The molecule has 0 aliphatic rings. The van der Waals surface area contributed by atoms with Gasteiger partial charge in [0.2, 0.25) is 0 Å². The van der Waals surface area contributed by atoms with Crippen LogP contribution in [0.3, 0.4) is 0 Å². The molecule has 6 nitrogen and oxygen atoms in total. The molecule has 0 saturated carbocycles. The number of esters is 3. The second-order valence-electron chi connectivity index (χ2n) is 19.2. The average Bonchev–Trinajstić information content (AvgIpc) is 3.35. The molecule has 0 N–H and O–H groups in total. The quantitative estimate of drug-likeness (QED) is 0.0262. The van der Waals surface area contributed by atoms with Crippen molar-refractivity contribution in [2.24, 2.45) is 0 Å². The summed E-state index contributed by atoms with van der Waals surface area (Å²) in [5.41, 5.74) is 0. The first kappa shape index (κ1) is 65.6. The topological polar surface area (TPSA) is 78.9 Å². The number of ether oxygens (including phenoxy) is 3. The fourth-order valence-electron chi connectivity index (χ4n) is 8.05. The lowest BCUT2D eigenvalue weighted by Crippen LogP contribution is -2.30. The Morgan fingerprint density at radius 1 is 0.304 bits per heavy atom. The maximum Gasteiger partial charge on any atom is 0.306 e. The normalized spacial score (nSPS) is 12.7. The van der Waals surface area contributed by atoms with Gasteiger partial charge < -0.3 is 14.2 Å². The summed E-state index contributed by atoms with van der Waals surface area (Å²) in [4.78, 5) is 38.1. The molecule has 0 bridgehead atoms. The van der Waals surface area contributed by atoms with Gasteiger partial charge in [-0.05, 0) is 83.5 Å². The summed E-state index contributed by atoms with van der Waals surface area (Å²) in [5, 5.41) is 0. The number of carbonyl (C=O) groups excluding carboxylic acids is 3. The molecule has 0 aromatic carbocycles. The van der Waals surface area contributed by atoms with Crippen LogP contribution in [-0.2, 0) is 28.6 Å². The Hall–Kier alpha value is -3.41. The van der Waals surface area contributed by atoms with E-state index in [1.807, 2.05) is 6.08 Å². The Bertz CT molecular complexity index is 1330. The van der Waals surface area contributed by atoms with Gasteiger partial charge in [-0.2, -0.15) is 0 Å². The van der Waals surface area contributed by atoms with Crippen molar-refractivity contribution in [3.63, 3.8) is 0 Å². The van der Waals surface area contributed by atoms with Crippen LogP contribution < -0.4 is 0 Å². The lowest BCUT2D eigenvalue weighted by Gasteiger charge is -2.18. The van der Waals surface area contributed by atoms with Crippen LogP contribution in [-0.4, -0.2) is 37.2 Å². The second-order valence-corrected chi connectivity index (χ2v) is 19.2. The first-order valence-electron chi connectivity index (χ1n) is 29.1. The Morgan fingerprint density at radius 3 is 0.971 bits per heavy atom.